The smallest absolute Gasteiger partial charge is 0.302 e. The highest BCUT2D eigenvalue weighted by molar-refractivity contribution is 5.99. The highest BCUT2D eigenvalue weighted by atomic mass is 16.7. The Morgan fingerprint density at radius 3 is 2.63 bits per heavy atom. The Labute approximate surface area is 156 Å². The van der Waals surface area contributed by atoms with Crippen molar-refractivity contribution in [2.75, 3.05) is 11.7 Å². The number of esters is 1. The van der Waals surface area contributed by atoms with Gasteiger partial charge < -0.3 is 19.1 Å². The van der Waals surface area contributed by atoms with Crippen LogP contribution in [0.3, 0.4) is 0 Å². The van der Waals surface area contributed by atoms with Gasteiger partial charge in [0.1, 0.15) is 6.10 Å². The summed E-state index contributed by atoms with van der Waals surface area (Å²) in [6, 6.07) is 5.10. The molecule has 3 aliphatic rings. The fourth-order valence-electron chi connectivity index (χ4n) is 4.45. The van der Waals surface area contributed by atoms with Gasteiger partial charge in [-0.2, -0.15) is 0 Å². The van der Waals surface area contributed by atoms with E-state index in [0.29, 0.717) is 29.2 Å². The first-order valence-corrected chi connectivity index (χ1v) is 8.97. The van der Waals surface area contributed by atoms with E-state index < -0.39 is 18.1 Å². The van der Waals surface area contributed by atoms with Gasteiger partial charge in [0.2, 0.25) is 6.79 Å². The molecule has 1 aliphatic carbocycles. The van der Waals surface area contributed by atoms with Gasteiger partial charge in [-0.25, -0.2) is 0 Å². The number of allylic oxidation sites excluding steroid dienone is 1. The summed E-state index contributed by atoms with van der Waals surface area (Å²) in [5.41, 5.74) is 2.11. The van der Waals surface area contributed by atoms with E-state index in [0.717, 1.165) is 5.69 Å². The quantitative estimate of drug-likeness (QED) is 0.755. The van der Waals surface area contributed by atoms with Gasteiger partial charge in [0, 0.05) is 42.3 Å². The van der Waals surface area contributed by atoms with Gasteiger partial charge in [-0.1, -0.05) is 0 Å². The predicted molar refractivity (Wildman–Crippen MR) is 95.5 cm³/mol. The Morgan fingerprint density at radius 2 is 1.93 bits per heavy atom. The van der Waals surface area contributed by atoms with Crippen molar-refractivity contribution in [3.8, 4) is 11.5 Å². The number of Topliss-reactive ketones (excluding diaryl/α,β-unsaturated/α-hetero) is 2. The Bertz CT molecular complexity index is 873. The molecule has 2 aliphatic heterocycles. The zero-order valence-corrected chi connectivity index (χ0v) is 15.5. The van der Waals surface area contributed by atoms with E-state index in [2.05, 4.69) is 0 Å². The van der Waals surface area contributed by atoms with Crippen LogP contribution >= 0.6 is 0 Å². The van der Waals surface area contributed by atoms with Crippen LogP contribution in [0.4, 0.5) is 5.69 Å². The molecular weight excluding hydrogens is 350 g/mol. The van der Waals surface area contributed by atoms with Crippen LogP contribution in [-0.4, -0.2) is 36.5 Å². The summed E-state index contributed by atoms with van der Waals surface area (Å²) in [6.07, 6.45) is -0.0312. The summed E-state index contributed by atoms with van der Waals surface area (Å²) < 4.78 is 16.2. The molecule has 1 aromatic carbocycles. The predicted octanol–water partition coefficient (Wildman–Crippen LogP) is 2.38. The van der Waals surface area contributed by atoms with Gasteiger partial charge in [-0.15, -0.1) is 0 Å². The number of carbonyl (C=O) groups excluding carboxylic acids is 3. The number of hydrogen-bond donors (Lipinski definition) is 0. The first-order valence-electron chi connectivity index (χ1n) is 8.97. The topological polar surface area (TPSA) is 82.1 Å². The van der Waals surface area contributed by atoms with Crippen LogP contribution in [-0.2, 0) is 19.1 Å². The Hall–Kier alpha value is -2.83. The van der Waals surface area contributed by atoms with Gasteiger partial charge in [0.15, 0.2) is 23.1 Å². The average Bonchev–Trinajstić information content (AvgIpc) is 3.06. The van der Waals surface area contributed by atoms with E-state index >= 15 is 0 Å². The van der Waals surface area contributed by atoms with E-state index in [1.54, 1.807) is 6.07 Å². The second-order valence-electron chi connectivity index (χ2n) is 7.14. The maximum Gasteiger partial charge on any atom is 0.302 e. The molecule has 2 bridgehead atoms. The SMILES string of the molecule is CC(=O)O[C@@H]1CC(=O)[C@@H]2C[C@H]1C(C(C)=O)=C(C)N2c1ccc2c(c1)OCO2. The summed E-state index contributed by atoms with van der Waals surface area (Å²) >= 11 is 0. The van der Waals surface area contributed by atoms with E-state index in [1.807, 2.05) is 24.0 Å². The molecule has 27 heavy (non-hydrogen) atoms. The van der Waals surface area contributed by atoms with Crippen LogP contribution in [0, 0.1) is 5.92 Å². The molecule has 3 atom stereocenters. The van der Waals surface area contributed by atoms with Gasteiger partial charge in [0.25, 0.3) is 0 Å². The Balaban J connectivity index is 1.80. The van der Waals surface area contributed by atoms with Crippen molar-refractivity contribution < 1.29 is 28.6 Å². The number of ketones is 2. The lowest BCUT2D eigenvalue weighted by Gasteiger charge is -2.47. The van der Waals surface area contributed by atoms with Gasteiger partial charge >= 0.3 is 5.97 Å². The van der Waals surface area contributed by atoms with Crippen molar-refractivity contribution in [2.45, 2.75) is 45.8 Å². The van der Waals surface area contributed by atoms with Crippen LogP contribution in [0.5, 0.6) is 11.5 Å². The molecule has 2 heterocycles. The second-order valence-corrected chi connectivity index (χ2v) is 7.14. The summed E-state index contributed by atoms with van der Waals surface area (Å²) in [5, 5.41) is 0. The highest BCUT2D eigenvalue weighted by Gasteiger charge is 2.48. The lowest BCUT2D eigenvalue weighted by atomic mass is 9.72. The average molecular weight is 371 g/mol. The zero-order chi connectivity index (χ0) is 19.3. The number of rotatable bonds is 3. The molecule has 4 rings (SSSR count). The fraction of sp³-hybridized carbons (Fsp3) is 0.450. The normalized spacial score (nSPS) is 26.3. The van der Waals surface area contributed by atoms with Crippen molar-refractivity contribution in [3.63, 3.8) is 0 Å². The standard InChI is InChI=1S/C20H21NO6/c1-10-20(11(2)22)14-7-15(16(24)8-18(14)27-12(3)23)21(10)13-4-5-17-19(6-13)26-9-25-17/h4-6,14-15,18H,7-9H2,1-3H3/t14-,15+,18-/m1/s1. The van der Waals surface area contributed by atoms with Crippen LogP contribution < -0.4 is 14.4 Å². The minimum atomic E-state index is -0.584. The maximum atomic E-state index is 12.8. The lowest BCUT2D eigenvalue weighted by molar-refractivity contribution is -0.152. The van der Waals surface area contributed by atoms with Crippen molar-refractivity contribution >= 4 is 23.2 Å². The molecule has 7 nitrogen and oxygen atoms in total. The molecule has 1 saturated carbocycles. The van der Waals surface area contributed by atoms with Crippen LogP contribution in [0.25, 0.3) is 0 Å². The second kappa shape index (κ2) is 6.40. The van der Waals surface area contributed by atoms with E-state index in [9.17, 15) is 14.4 Å². The summed E-state index contributed by atoms with van der Waals surface area (Å²) in [4.78, 5) is 38.6. The van der Waals surface area contributed by atoms with Crippen LogP contribution in [0.1, 0.15) is 33.6 Å². The number of ether oxygens (including phenoxy) is 3. The summed E-state index contributed by atoms with van der Waals surface area (Å²) in [5.74, 6) is 0.495. The van der Waals surface area contributed by atoms with Crippen molar-refractivity contribution in [2.24, 2.45) is 5.92 Å². The number of fused-ring (bicyclic) bond motifs is 3. The van der Waals surface area contributed by atoms with Gasteiger partial charge in [-0.05, 0) is 32.4 Å². The Morgan fingerprint density at radius 1 is 1.19 bits per heavy atom. The third-order valence-electron chi connectivity index (χ3n) is 5.46. The van der Waals surface area contributed by atoms with E-state index in [-0.39, 0.29) is 30.7 Å². The molecule has 0 unspecified atom stereocenters. The molecule has 0 spiro atoms. The molecule has 142 valence electrons. The number of anilines is 1. The molecule has 0 aromatic heterocycles. The minimum Gasteiger partial charge on any atom is -0.461 e. The minimum absolute atomic E-state index is 0.00267. The number of carbonyl (C=O) groups is 3. The fourth-order valence-corrected chi connectivity index (χ4v) is 4.45. The molecule has 0 amide bonds. The van der Waals surface area contributed by atoms with Gasteiger partial charge in [-0.3, -0.25) is 14.4 Å². The molecule has 0 radical (unpaired) electrons. The summed E-state index contributed by atoms with van der Waals surface area (Å²) in [7, 11) is 0. The number of benzene rings is 1. The highest BCUT2D eigenvalue weighted by Crippen LogP contribution is 2.45. The molecule has 7 heteroatoms. The van der Waals surface area contributed by atoms with Gasteiger partial charge in [0.05, 0.1) is 6.04 Å². The van der Waals surface area contributed by atoms with E-state index in [4.69, 9.17) is 14.2 Å². The maximum absolute atomic E-state index is 12.8. The van der Waals surface area contributed by atoms with E-state index in [1.165, 1.54) is 13.8 Å². The molecule has 0 saturated heterocycles. The molecule has 1 aromatic rings. The van der Waals surface area contributed by atoms with Crippen molar-refractivity contribution in [1.82, 2.24) is 0 Å². The molecule has 0 N–H and O–H groups in total. The molecular formula is C20H21NO6. The lowest BCUT2D eigenvalue weighted by Crippen LogP contribution is -2.54. The van der Waals surface area contributed by atoms with Crippen LogP contribution in [0.2, 0.25) is 0 Å². The first-order chi connectivity index (χ1) is 12.9. The Kier molecular flexibility index (Phi) is 4.17. The van der Waals surface area contributed by atoms with Crippen molar-refractivity contribution in [3.05, 3.63) is 29.5 Å². The first kappa shape index (κ1) is 17.6. The monoisotopic (exact) mass is 371 g/mol. The zero-order valence-electron chi connectivity index (χ0n) is 15.5. The third kappa shape index (κ3) is 2.87. The molecule has 1 fully saturated rings. The largest absolute Gasteiger partial charge is 0.461 e. The number of hydrogen-bond acceptors (Lipinski definition) is 7. The summed E-state index contributed by atoms with van der Waals surface area (Å²) in [6.45, 7) is 4.84. The number of nitrogens with zero attached hydrogens (tertiary/aromatic N) is 1. The third-order valence-corrected chi connectivity index (χ3v) is 5.46. The van der Waals surface area contributed by atoms with Crippen molar-refractivity contribution in [1.29, 1.82) is 0 Å². The van der Waals surface area contributed by atoms with Crippen LogP contribution in [0.15, 0.2) is 29.5 Å².